The Bertz CT molecular complexity index is 642. The van der Waals surface area contributed by atoms with Crippen molar-refractivity contribution in [1.29, 1.82) is 0 Å². The van der Waals surface area contributed by atoms with E-state index in [9.17, 15) is 0 Å². The number of hydrogen-bond acceptors (Lipinski definition) is 4. The van der Waals surface area contributed by atoms with E-state index in [1.165, 1.54) is 0 Å². The van der Waals surface area contributed by atoms with Crippen molar-refractivity contribution in [2.24, 2.45) is 0 Å². The molecule has 0 aromatic carbocycles. The van der Waals surface area contributed by atoms with Gasteiger partial charge in [-0.3, -0.25) is 0 Å². The second-order valence-electron chi connectivity index (χ2n) is 4.77. The van der Waals surface area contributed by atoms with Crippen LogP contribution in [0.1, 0.15) is 0 Å². The van der Waals surface area contributed by atoms with Gasteiger partial charge in [0.05, 0.1) is 10.0 Å². The molecule has 0 N–H and O–H groups in total. The van der Waals surface area contributed by atoms with Crippen molar-refractivity contribution in [3.05, 3.63) is 45.8 Å². The number of nitrogens with zero attached hydrogens (tertiary/aromatic N) is 4. The molecule has 0 radical (unpaired) electrons. The predicted octanol–water partition coefficient (Wildman–Crippen LogP) is 3.76. The van der Waals surface area contributed by atoms with Crippen LogP contribution in [0, 0.1) is 0 Å². The maximum atomic E-state index is 6.21. The lowest BCUT2D eigenvalue weighted by Gasteiger charge is -2.37. The fraction of sp³-hybridized carbons (Fsp3) is 0.286. The van der Waals surface area contributed by atoms with Crippen LogP contribution < -0.4 is 9.80 Å². The van der Waals surface area contributed by atoms with E-state index in [4.69, 9.17) is 34.8 Å². The Kier molecular flexibility index (Phi) is 4.38. The van der Waals surface area contributed by atoms with Crippen LogP contribution in [0.2, 0.25) is 15.2 Å². The number of rotatable bonds is 2. The Morgan fingerprint density at radius 3 is 2.29 bits per heavy atom. The van der Waals surface area contributed by atoms with Gasteiger partial charge in [-0.05, 0) is 18.2 Å². The number of pyridine rings is 2. The van der Waals surface area contributed by atoms with Crippen LogP contribution in [0.15, 0.2) is 30.6 Å². The second-order valence-corrected chi connectivity index (χ2v) is 6.00. The summed E-state index contributed by atoms with van der Waals surface area (Å²) in [5.74, 6) is 0.786. The molecule has 3 rings (SSSR count). The van der Waals surface area contributed by atoms with E-state index in [-0.39, 0.29) is 0 Å². The summed E-state index contributed by atoms with van der Waals surface area (Å²) < 4.78 is 0. The summed E-state index contributed by atoms with van der Waals surface area (Å²) in [5, 5.41) is 1.65. The molecule has 1 aliphatic rings. The summed E-state index contributed by atoms with van der Waals surface area (Å²) in [6.07, 6.45) is 3.35. The van der Waals surface area contributed by atoms with Crippen molar-refractivity contribution in [1.82, 2.24) is 9.97 Å². The van der Waals surface area contributed by atoms with E-state index in [0.717, 1.165) is 37.7 Å². The minimum atomic E-state index is 0.511. The lowest BCUT2D eigenvalue weighted by molar-refractivity contribution is 0.647. The first-order valence-electron chi connectivity index (χ1n) is 6.56. The maximum Gasteiger partial charge on any atom is 0.147 e. The molecular weight excluding hydrogens is 331 g/mol. The SMILES string of the molecule is Clc1cnc(N2CCN(c3ccnc(Cl)c3)CC2)c(Cl)c1. The molecule has 2 aromatic heterocycles. The molecule has 3 heterocycles. The van der Waals surface area contributed by atoms with Gasteiger partial charge in [-0.25, -0.2) is 9.97 Å². The number of aromatic nitrogens is 2. The van der Waals surface area contributed by atoms with Gasteiger partial charge >= 0.3 is 0 Å². The molecule has 1 saturated heterocycles. The van der Waals surface area contributed by atoms with E-state index in [2.05, 4.69) is 19.8 Å². The van der Waals surface area contributed by atoms with Crippen molar-refractivity contribution < 1.29 is 0 Å². The Labute approximate surface area is 138 Å². The molecule has 110 valence electrons. The van der Waals surface area contributed by atoms with Gasteiger partial charge in [-0.15, -0.1) is 0 Å². The monoisotopic (exact) mass is 342 g/mol. The van der Waals surface area contributed by atoms with Crippen molar-refractivity contribution in [2.75, 3.05) is 36.0 Å². The lowest BCUT2D eigenvalue weighted by atomic mass is 10.2. The summed E-state index contributed by atoms with van der Waals surface area (Å²) >= 11 is 18.0. The first kappa shape index (κ1) is 14.7. The molecule has 7 heteroatoms. The summed E-state index contributed by atoms with van der Waals surface area (Å²) in [6.45, 7) is 3.44. The first-order valence-corrected chi connectivity index (χ1v) is 7.69. The zero-order valence-corrected chi connectivity index (χ0v) is 13.4. The maximum absolute atomic E-state index is 6.21. The highest BCUT2D eigenvalue weighted by molar-refractivity contribution is 6.36. The average molecular weight is 344 g/mol. The van der Waals surface area contributed by atoms with Crippen molar-refractivity contribution in [3.63, 3.8) is 0 Å². The topological polar surface area (TPSA) is 32.3 Å². The van der Waals surface area contributed by atoms with Crippen molar-refractivity contribution in [3.8, 4) is 0 Å². The molecular formula is C14H13Cl3N4. The fourth-order valence-corrected chi connectivity index (χ4v) is 3.07. The normalized spacial score (nSPS) is 15.4. The summed E-state index contributed by atoms with van der Waals surface area (Å²) in [7, 11) is 0. The van der Waals surface area contributed by atoms with Crippen molar-refractivity contribution >= 4 is 46.3 Å². The predicted molar refractivity (Wildman–Crippen MR) is 87.9 cm³/mol. The standard InChI is InChI=1S/C14H13Cl3N4/c15-10-7-12(16)14(19-9-10)21-5-3-20(4-6-21)11-1-2-18-13(17)8-11/h1-2,7-9H,3-6H2. The number of halogens is 3. The van der Waals surface area contributed by atoms with Gasteiger partial charge in [0.2, 0.25) is 0 Å². The second kappa shape index (κ2) is 6.26. The van der Waals surface area contributed by atoms with Gasteiger partial charge in [-0.2, -0.15) is 0 Å². The van der Waals surface area contributed by atoms with Crippen LogP contribution in [0.4, 0.5) is 11.5 Å². The van der Waals surface area contributed by atoms with E-state index in [1.807, 2.05) is 12.1 Å². The van der Waals surface area contributed by atoms with E-state index in [0.29, 0.717) is 15.2 Å². The van der Waals surface area contributed by atoms with Gasteiger partial charge in [-0.1, -0.05) is 34.8 Å². The smallest absolute Gasteiger partial charge is 0.147 e. The minimum Gasteiger partial charge on any atom is -0.368 e. The third-order valence-corrected chi connectivity index (χ3v) is 4.13. The van der Waals surface area contributed by atoms with Gasteiger partial charge < -0.3 is 9.80 Å². The van der Waals surface area contributed by atoms with Gasteiger partial charge in [0.25, 0.3) is 0 Å². The molecule has 0 bridgehead atoms. The highest BCUT2D eigenvalue weighted by Crippen LogP contribution is 2.27. The highest BCUT2D eigenvalue weighted by atomic mass is 35.5. The Morgan fingerprint density at radius 1 is 0.905 bits per heavy atom. The molecule has 0 spiro atoms. The number of hydrogen-bond donors (Lipinski definition) is 0. The van der Waals surface area contributed by atoms with Gasteiger partial charge in [0, 0.05) is 44.3 Å². The molecule has 0 unspecified atom stereocenters. The van der Waals surface area contributed by atoms with Gasteiger partial charge in [0.1, 0.15) is 11.0 Å². The average Bonchev–Trinajstić information content (AvgIpc) is 2.47. The summed E-state index contributed by atoms with van der Waals surface area (Å²) in [6, 6.07) is 5.57. The molecule has 0 atom stereocenters. The van der Waals surface area contributed by atoms with Crippen LogP contribution in [0.25, 0.3) is 0 Å². The zero-order valence-electron chi connectivity index (χ0n) is 11.1. The van der Waals surface area contributed by atoms with Crippen LogP contribution in [0.3, 0.4) is 0 Å². The molecule has 1 aliphatic heterocycles. The Hall–Kier alpha value is -1.23. The summed E-state index contributed by atoms with van der Waals surface area (Å²) in [5.41, 5.74) is 1.09. The van der Waals surface area contributed by atoms with Crippen LogP contribution in [0.5, 0.6) is 0 Å². The first-order chi connectivity index (χ1) is 10.1. The van der Waals surface area contributed by atoms with E-state index < -0.39 is 0 Å². The van der Waals surface area contributed by atoms with Gasteiger partial charge in [0.15, 0.2) is 0 Å². The molecule has 2 aromatic rings. The number of anilines is 2. The molecule has 0 saturated carbocycles. The van der Waals surface area contributed by atoms with E-state index in [1.54, 1.807) is 18.5 Å². The quantitative estimate of drug-likeness (QED) is 0.777. The third kappa shape index (κ3) is 3.34. The molecule has 0 amide bonds. The summed E-state index contributed by atoms with van der Waals surface area (Å²) in [4.78, 5) is 12.8. The molecule has 1 fully saturated rings. The number of piperazine rings is 1. The highest BCUT2D eigenvalue weighted by Gasteiger charge is 2.20. The fourth-order valence-electron chi connectivity index (χ4n) is 2.41. The van der Waals surface area contributed by atoms with Crippen LogP contribution in [-0.4, -0.2) is 36.1 Å². The molecule has 21 heavy (non-hydrogen) atoms. The van der Waals surface area contributed by atoms with Crippen LogP contribution >= 0.6 is 34.8 Å². The Morgan fingerprint density at radius 2 is 1.62 bits per heavy atom. The zero-order chi connectivity index (χ0) is 14.8. The third-order valence-electron chi connectivity index (χ3n) is 3.44. The Balaban J connectivity index is 1.70. The molecule has 0 aliphatic carbocycles. The molecule has 4 nitrogen and oxygen atoms in total. The largest absolute Gasteiger partial charge is 0.368 e. The van der Waals surface area contributed by atoms with Crippen LogP contribution in [-0.2, 0) is 0 Å². The lowest BCUT2D eigenvalue weighted by Crippen LogP contribution is -2.47. The van der Waals surface area contributed by atoms with Crippen molar-refractivity contribution in [2.45, 2.75) is 0 Å². The van der Waals surface area contributed by atoms with E-state index >= 15 is 0 Å². The minimum absolute atomic E-state index is 0.511.